The highest BCUT2D eigenvalue weighted by molar-refractivity contribution is 6.33. The van der Waals surface area contributed by atoms with Crippen molar-refractivity contribution in [1.29, 1.82) is 0 Å². The number of benzene rings is 2. The molecule has 0 aromatic heterocycles. The lowest BCUT2D eigenvalue weighted by atomic mass is 10.2. The van der Waals surface area contributed by atoms with Crippen molar-refractivity contribution in [1.82, 2.24) is 5.32 Å². The van der Waals surface area contributed by atoms with E-state index in [2.05, 4.69) is 10.6 Å². The van der Waals surface area contributed by atoms with Gasteiger partial charge in [0.05, 0.1) is 23.8 Å². The van der Waals surface area contributed by atoms with Gasteiger partial charge in [-0.05, 0) is 36.8 Å². The van der Waals surface area contributed by atoms with E-state index < -0.39 is 0 Å². The topological polar surface area (TPSA) is 50.4 Å². The number of hydrogen-bond acceptors (Lipinski definition) is 3. The van der Waals surface area contributed by atoms with Gasteiger partial charge in [0.2, 0.25) is 5.91 Å². The molecule has 0 spiro atoms. The minimum absolute atomic E-state index is 0.104. The van der Waals surface area contributed by atoms with Crippen molar-refractivity contribution >= 4 is 23.2 Å². The Hall–Kier alpha value is -2.20. The molecule has 0 fully saturated rings. The van der Waals surface area contributed by atoms with Crippen LogP contribution in [0.15, 0.2) is 48.5 Å². The number of anilines is 1. The van der Waals surface area contributed by atoms with Gasteiger partial charge in [-0.25, -0.2) is 0 Å². The van der Waals surface area contributed by atoms with Crippen molar-refractivity contribution in [2.45, 2.75) is 6.92 Å². The van der Waals surface area contributed by atoms with Crippen LogP contribution in [0.5, 0.6) is 5.75 Å². The van der Waals surface area contributed by atoms with E-state index in [1.54, 1.807) is 6.07 Å². The third-order valence-corrected chi connectivity index (χ3v) is 3.33. The second-order valence-corrected chi connectivity index (χ2v) is 5.26. The Labute approximate surface area is 135 Å². The lowest BCUT2D eigenvalue weighted by molar-refractivity contribution is -0.119. The highest BCUT2D eigenvalue weighted by Gasteiger charge is 2.03. The third-order valence-electron chi connectivity index (χ3n) is 3.00. The lowest BCUT2D eigenvalue weighted by Crippen LogP contribution is -2.33. The lowest BCUT2D eigenvalue weighted by Gasteiger charge is -2.10. The Bertz CT molecular complexity index is 632. The number of hydrogen-bond donors (Lipinski definition) is 2. The van der Waals surface area contributed by atoms with Crippen molar-refractivity contribution in [2.75, 3.05) is 25.0 Å². The molecule has 0 heterocycles. The van der Waals surface area contributed by atoms with Gasteiger partial charge >= 0.3 is 0 Å². The Morgan fingerprint density at radius 1 is 1.18 bits per heavy atom. The fraction of sp³-hybridized carbons (Fsp3) is 0.235. The van der Waals surface area contributed by atoms with Crippen molar-refractivity contribution < 1.29 is 9.53 Å². The van der Waals surface area contributed by atoms with Gasteiger partial charge in [-0.15, -0.1) is 0 Å². The number of para-hydroxylation sites is 1. The number of amides is 1. The van der Waals surface area contributed by atoms with Gasteiger partial charge in [-0.3, -0.25) is 4.79 Å². The molecule has 0 bridgehead atoms. The number of nitrogens with one attached hydrogen (secondary N) is 2. The molecule has 2 aromatic rings. The average Bonchev–Trinajstić information content (AvgIpc) is 2.51. The molecule has 0 atom stereocenters. The van der Waals surface area contributed by atoms with Gasteiger partial charge in [0.25, 0.3) is 0 Å². The number of halogens is 1. The van der Waals surface area contributed by atoms with Gasteiger partial charge in [0, 0.05) is 0 Å². The standard InChI is InChI=1S/C17H19ClN2O2/c1-13-5-4-6-14(11-13)22-10-9-19-17(21)12-20-16-8-3-2-7-15(16)18/h2-8,11,20H,9-10,12H2,1H3,(H,19,21). The molecule has 22 heavy (non-hydrogen) atoms. The van der Waals surface area contributed by atoms with Crippen LogP contribution in [0.3, 0.4) is 0 Å². The molecule has 2 aromatic carbocycles. The predicted molar refractivity (Wildman–Crippen MR) is 89.6 cm³/mol. The van der Waals surface area contributed by atoms with E-state index in [4.69, 9.17) is 16.3 Å². The maximum atomic E-state index is 11.7. The minimum atomic E-state index is -0.104. The molecule has 2 N–H and O–H groups in total. The summed E-state index contributed by atoms with van der Waals surface area (Å²) in [5.41, 5.74) is 1.89. The molecular weight excluding hydrogens is 300 g/mol. The second-order valence-electron chi connectivity index (χ2n) is 4.85. The summed E-state index contributed by atoms with van der Waals surface area (Å²) >= 11 is 6.00. The van der Waals surface area contributed by atoms with Crippen LogP contribution in [0.4, 0.5) is 5.69 Å². The number of aryl methyl sites for hydroxylation is 1. The smallest absolute Gasteiger partial charge is 0.239 e. The molecule has 1 amide bonds. The van der Waals surface area contributed by atoms with E-state index >= 15 is 0 Å². The summed E-state index contributed by atoms with van der Waals surface area (Å²) in [6.45, 7) is 3.07. The van der Waals surface area contributed by atoms with Gasteiger partial charge in [0.15, 0.2) is 0 Å². The summed E-state index contributed by atoms with van der Waals surface area (Å²) in [5, 5.41) is 6.38. The molecule has 0 aliphatic heterocycles. The first-order valence-corrected chi connectivity index (χ1v) is 7.47. The fourth-order valence-electron chi connectivity index (χ4n) is 1.91. The minimum Gasteiger partial charge on any atom is -0.492 e. The van der Waals surface area contributed by atoms with Crippen LogP contribution in [0.2, 0.25) is 5.02 Å². The van der Waals surface area contributed by atoms with Crippen molar-refractivity contribution in [2.24, 2.45) is 0 Å². The Balaban J connectivity index is 1.65. The van der Waals surface area contributed by atoms with Crippen LogP contribution in [0.1, 0.15) is 5.56 Å². The summed E-state index contributed by atoms with van der Waals surface area (Å²) in [7, 11) is 0. The van der Waals surface area contributed by atoms with E-state index in [-0.39, 0.29) is 12.5 Å². The maximum Gasteiger partial charge on any atom is 0.239 e. The summed E-state index contributed by atoms with van der Waals surface area (Å²) < 4.78 is 5.56. The Morgan fingerprint density at radius 3 is 2.77 bits per heavy atom. The molecule has 0 saturated carbocycles. The zero-order valence-electron chi connectivity index (χ0n) is 12.4. The highest BCUT2D eigenvalue weighted by Crippen LogP contribution is 2.19. The third kappa shape index (κ3) is 5.30. The maximum absolute atomic E-state index is 11.7. The van der Waals surface area contributed by atoms with Gasteiger partial charge < -0.3 is 15.4 Å². The Morgan fingerprint density at radius 2 is 2.00 bits per heavy atom. The van der Waals surface area contributed by atoms with Gasteiger partial charge in [0.1, 0.15) is 12.4 Å². The molecule has 0 saturated heterocycles. The summed E-state index contributed by atoms with van der Waals surface area (Å²) in [6, 6.07) is 15.1. The van der Waals surface area contributed by atoms with Crippen molar-refractivity contribution in [3.63, 3.8) is 0 Å². The molecule has 2 rings (SSSR count). The van der Waals surface area contributed by atoms with Crippen LogP contribution in [-0.2, 0) is 4.79 Å². The van der Waals surface area contributed by atoms with Crippen LogP contribution < -0.4 is 15.4 Å². The van der Waals surface area contributed by atoms with E-state index in [9.17, 15) is 4.79 Å². The van der Waals surface area contributed by atoms with E-state index in [1.807, 2.05) is 49.4 Å². The molecule has 116 valence electrons. The van der Waals surface area contributed by atoms with E-state index in [0.717, 1.165) is 17.0 Å². The monoisotopic (exact) mass is 318 g/mol. The summed E-state index contributed by atoms with van der Waals surface area (Å²) in [5.74, 6) is 0.705. The number of carbonyl (C=O) groups excluding carboxylic acids is 1. The number of carbonyl (C=O) groups is 1. The zero-order chi connectivity index (χ0) is 15.8. The second kappa shape index (κ2) is 8.29. The average molecular weight is 319 g/mol. The number of ether oxygens (including phenoxy) is 1. The summed E-state index contributed by atoms with van der Waals surface area (Å²) in [6.07, 6.45) is 0. The zero-order valence-corrected chi connectivity index (χ0v) is 13.2. The molecule has 0 radical (unpaired) electrons. The SMILES string of the molecule is Cc1cccc(OCCNC(=O)CNc2ccccc2Cl)c1. The van der Waals surface area contributed by atoms with Gasteiger partial charge in [-0.2, -0.15) is 0 Å². The first-order chi connectivity index (χ1) is 10.6. The molecule has 0 aliphatic rings. The normalized spacial score (nSPS) is 10.1. The largest absolute Gasteiger partial charge is 0.492 e. The fourth-order valence-corrected chi connectivity index (χ4v) is 2.11. The number of rotatable bonds is 7. The quantitative estimate of drug-likeness (QED) is 0.770. The van der Waals surface area contributed by atoms with Crippen LogP contribution in [0.25, 0.3) is 0 Å². The predicted octanol–water partition coefficient (Wildman–Crippen LogP) is 3.26. The van der Waals surface area contributed by atoms with Crippen LogP contribution >= 0.6 is 11.6 Å². The molecular formula is C17H19ClN2O2. The van der Waals surface area contributed by atoms with Crippen LogP contribution in [-0.4, -0.2) is 25.6 Å². The molecule has 5 heteroatoms. The summed E-state index contributed by atoms with van der Waals surface area (Å²) in [4.78, 5) is 11.7. The van der Waals surface area contributed by atoms with E-state index in [1.165, 1.54) is 0 Å². The Kier molecular flexibility index (Phi) is 6.10. The highest BCUT2D eigenvalue weighted by atomic mass is 35.5. The molecule has 4 nitrogen and oxygen atoms in total. The van der Waals surface area contributed by atoms with Crippen LogP contribution in [0, 0.1) is 6.92 Å². The van der Waals surface area contributed by atoms with Crippen molar-refractivity contribution in [3.8, 4) is 5.75 Å². The molecule has 0 unspecified atom stereocenters. The molecule has 0 aliphatic carbocycles. The first-order valence-electron chi connectivity index (χ1n) is 7.10. The first kappa shape index (κ1) is 16.2. The van der Waals surface area contributed by atoms with E-state index in [0.29, 0.717) is 18.2 Å². The van der Waals surface area contributed by atoms with Gasteiger partial charge in [-0.1, -0.05) is 35.9 Å². The van der Waals surface area contributed by atoms with Crippen molar-refractivity contribution in [3.05, 3.63) is 59.1 Å².